The van der Waals surface area contributed by atoms with Gasteiger partial charge in [0.1, 0.15) is 0 Å². The van der Waals surface area contributed by atoms with Crippen molar-refractivity contribution in [1.82, 2.24) is 0 Å². The minimum atomic E-state index is 1.08. The highest BCUT2D eigenvalue weighted by Crippen LogP contribution is 2.20. The maximum Gasteiger partial charge on any atom is -0.00882 e. The second-order valence-electron chi connectivity index (χ2n) is 5.52. The first-order chi connectivity index (χ1) is 11.3. The second kappa shape index (κ2) is 7.42. The summed E-state index contributed by atoms with van der Waals surface area (Å²) >= 11 is 0. The third-order valence-corrected chi connectivity index (χ3v) is 3.93. The van der Waals surface area contributed by atoms with Crippen molar-refractivity contribution in [2.45, 2.75) is 6.42 Å². The van der Waals surface area contributed by atoms with Crippen molar-refractivity contribution < 1.29 is 0 Å². The fraction of sp³-hybridized carbons (Fsp3) is 0.0435. The first-order valence-electron chi connectivity index (χ1n) is 7.89. The first kappa shape index (κ1) is 15.1. The molecule has 112 valence electrons. The summed E-state index contributed by atoms with van der Waals surface area (Å²) < 4.78 is 0. The molecule has 0 saturated heterocycles. The SMILES string of the molecule is C1=Cc2ccccc2C1.C=C(c1ccccc1)c1ccccc1. The molecule has 0 atom stereocenters. The summed E-state index contributed by atoms with van der Waals surface area (Å²) in [5, 5.41) is 0. The molecule has 3 aromatic rings. The van der Waals surface area contributed by atoms with Gasteiger partial charge in [0.25, 0.3) is 0 Å². The zero-order valence-electron chi connectivity index (χ0n) is 13.2. The van der Waals surface area contributed by atoms with E-state index >= 15 is 0 Å². The van der Waals surface area contributed by atoms with Crippen LogP contribution in [0.3, 0.4) is 0 Å². The summed E-state index contributed by atoms with van der Waals surface area (Å²) in [5.74, 6) is 0. The second-order valence-corrected chi connectivity index (χ2v) is 5.52. The zero-order valence-corrected chi connectivity index (χ0v) is 13.2. The molecule has 0 nitrogen and oxygen atoms in total. The van der Waals surface area contributed by atoms with Gasteiger partial charge in [0.2, 0.25) is 0 Å². The van der Waals surface area contributed by atoms with E-state index in [1.807, 2.05) is 36.4 Å². The van der Waals surface area contributed by atoms with Crippen LogP contribution in [0.15, 0.2) is 97.6 Å². The Hall–Kier alpha value is -2.86. The Labute approximate surface area is 138 Å². The van der Waals surface area contributed by atoms with Crippen LogP contribution in [0.1, 0.15) is 22.3 Å². The first-order valence-corrected chi connectivity index (χ1v) is 7.89. The average Bonchev–Trinajstić information content (AvgIpc) is 3.12. The van der Waals surface area contributed by atoms with E-state index in [1.54, 1.807) is 0 Å². The summed E-state index contributed by atoms with van der Waals surface area (Å²) in [7, 11) is 0. The van der Waals surface area contributed by atoms with E-state index in [1.165, 1.54) is 22.3 Å². The predicted octanol–water partition coefficient (Wildman–Crippen LogP) is 6.00. The fourth-order valence-corrected chi connectivity index (χ4v) is 2.64. The van der Waals surface area contributed by atoms with Crippen LogP contribution in [0.5, 0.6) is 0 Å². The lowest BCUT2D eigenvalue weighted by atomic mass is 10.0. The largest absolute Gasteiger partial charge is 0.0906 e. The molecule has 0 N–H and O–H groups in total. The summed E-state index contributed by atoms with van der Waals surface area (Å²) in [6, 6.07) is 29.0. The molecular formula is C23H20. The van der Waals surface area contributed by atoms with E-state index < -0.39 is 0 Å². The number of fused-ring (bicyclic) bond motifs is 1. The molecular weight excluding hydrogens is 276 g/mol. The Morgan fingerprint density at radius 1 is 0.652 bits per heavy atom. The summed E-state index contributed by atoms with van der Waals surface area (Å²) in [6.07, 6.45) is 5.50. The summed E-state index contributed by atoms with van der Waals surface area (Å²) in [6.45, 7) is 4.10. The van der Waals surface area contributed by atoms with Gasteiger partial charge in [-0.3, -0.25) is 0 Å². The lowest BCUT2D eigenvalue weighted by Gasteiger charge is -2.04. The van der Waals surface area contributed by atoms with Gasteiger partial charge in [-0.15, -0.1) is 0 Å². The van der Waals surface area contributed by atoms with Crippen LogP contribution in [-0.2, 0) is 6.42 Å². The number of hydrogen-bond donors (Lipinski definition) is 0. The van der Waals surface area contributed by atoms with Crippen LogP contribution in [-0.4, -0.2) is 0 Å². The molecule has 0 amide bonds. The molecule has 0 saturated carbocycles. The van der Waals surface area contributed by atoms with E-state index in [0.29, 0.717) is 0 Å². The van der Waals surface area contributed by atoms with Gasteiger partial charge < -0.3 is 0 Å². The van der Waals surface area contributed by atoms with Gasteiger partial charge in [0, 0.05) is 0 Å². The number of benzene rings is 3. The predicted molar refractivity (Wildman–Crippen MR) is 100 cm³/mol. The van der Waals surface area contributed by atoms with Crippen LogP contribution >= 0.6 is 0 Å². The van der Waals surface area contributed by atoms with E-state index in [2.05, 4.69) is 67.3 Å². The van der Waals surface area contributed by atoms with Gasteiger partial charge in [0.05, 0.1) is 0 Å². The maximum atomic E-state index is 4.10. The lowest BCUT2D eigenvalue weighted by Crippen LogP contribution is -1.84. The molecule has 0 radical (unpaired) electrons. The average molecular weight is 296 g/mol. The van der Waals surface area contributed by atoms with Crippen LogP contribution < -0.4 is 0 Å². The minimum absolute atomic E-state index is 1.08. The van der Waals surface area contributed by atoms with Crippen molar-refractivity contribution in [3.05, 3.63) is 120 Å². The third-order valence-electron chi connectivity index (χ3n) is 3.93. The van der Waals surface area contributed by atoms with Crippen molar-refractivity contribution in [2.75, 3.05) is 0 Å². The van der Waals surface area contributed by atoms with E-state index in [0.717, 1.165) is 12.0 Å². The van der Waals surface area contributed by atoms with Crippen molar-refractivity contribution in [1.29, 1.82) is 0 Å². The quantitative estimate of drug-likeness (QED) is 0.543. The summed E-state index contributed by atoms with van der Waals surface area (Å²) in [4.78, 5) is 0. The lowest BCUT2D eigenvalue weighted by molar-refractivity contribution is 1.31. The molecule has 4 rings (SSSR count). The number of rotatable bonds is 2. The molecule has 0 heterocycles. The zero-order chi connectivity index (χ0) is 15.9. The van der Waals surface area contributed by atoms with E-state index in [4.69, 9.17) is 0 Å². The highest BCUT2D eigenvalue weighted by atomic mass is 14.1. The molecule has 0 heteroatoms. The number of hydrogen-bond acceptors (Lipinski definition) is 0. The van der Waals surface area contributed by atoms with Crippen molar-refractivity contribution in [2.24, 2.45) is 0 Å². The molecule has 23 heavy (non-hydrogen) atoms. The highest BCUT2D eigenvalue weighted by Gasteiger charge is 2.00. The van der Waals surface area contributed by atoms with Crippen molar-refractivity contribution in [3.8, 4) is 0 Å². The molecule has 0 aliphatic heterocycles. The Morgan fingerprint density at radius 2 is 1.17 bits per heavy atom. The van der Waals surface area contributed by atoms with Crippen LogP contribution in [0.2, 0.25) is 0 Å². The van der Waals surface area contributed by atoms with Gasteiger partial charge in [-0.2, -0.15) is 0 Å². The minimum Gasteiger partial charge on any atom is -0.0906 e. The smallest absolute Gasteiger partial charge is 0.00882 e. The molecule has 1 aliphatic carbocycles. The van der Waals surface area contributed by atoms with Gasteiger partial charge in [-0.1, -0.05) is 104 Å². The normalized spacial score (nSPS) is 11.3. The van der Waals surface area contributed by atoms with Crippen molar-refractivity contribution in [3.63, 3.8) is 0 Å². The summed E-state index contributed by atoms with van der Waals surface area (Å²) in [5.41, 5.74) is 6.28. The van der Waals surface area contributed by atoms with Gasteiger partial charge in [0.15, 0.2) is 0 Å². The molecule has 1 aliphatic rings. The van der Waals surface area contributed by atoms with Crippen LogP contribution in [0.4, 0.5) is 0 Å². The van der Waals surface area contributed by atoms with Gasteiger partial charge in [-0.25, -0.2) is 0 Å². The van der Waals surface area contributed by atoms with Gasteiger partial charge >= 0.3 is 0 Å². The maximum absolute atomic E-state index is 4.10. The molecule has 0 bridgehead atoms. The van der Waals surface area contributed by atoms with Gasteiger partial charge in [-0.05, 0) is 34.2 Å². The number of allylic oxidation sites excluding steroid dienone is 1. The Balaban J connectivity index is 0.000000149. The van der Waals surface area contributed by atoms with E-state index in [9.17, 15) is 0 Å². The van der Waals surface area contributed by atoms with Crippen LogP contribution in [0, 0.1) is 0 Å². The molecule has 0 aromatic heterocycles. The Bertz CT molecular complexity index is 754. The topological polar surface area (TPSA) is 0 Å². The molecule has 0 unspecified atom stereocenters. The monoisotopic (exact) mass is 296 g/mol. The molecule has 3 aromatic carbocycles. The fourth-order valence-electron chi connectivity index (χ4n) is 2.64. The molecule has 0 fully saturated rings. The Kier molecular flexibility index (Phi) is 4.85. The molecule has 0 spiro atoms. The standard InChI is InChI=1S/C14H12.C9H8/c1-12(13-8-4-2-5-9-13)14-10-6-3-7-11-14;1-2-5-9-7-3-6-8(9)4-1/h2-11H,1H2;1-6H,7H2. The van der Waals surface area contributed by atoms with E-state index in [-0.39, 0.29) is 0 Å². The van der Waals surface area contributed by atoms with Crippen LogP contribution in [0.25, 0.3) is 11.6 Å². The third kappa shape index (κ3) is 3.87. The Morgan fingerprint density at radius 3 is 1.74 bits per heavy atom. The highest BCUT2D eigenvalue weighted by molar-refractivity contribution is 5.77. The van der Waals surface area contributed by atoms with Crippen molar-refractivity contribution >= 4 is 11.6 Å².